The van der Waals surface area contributed by atoms with Gasteiger partial charge < -0.3 is 20.6 Å². The minimum Gasteiger partial charge on any atom is -0.481 e. The van der Waals surface area contributed by atoms with Crippen molar-refractivity contribution in [2.45, 2.75) is 44.6 Å². The maximum Gasteiger partial charge on any atom is 0.303 e. The molecule has 0 aliphatic carbocycles. The van der Waals surface area contributed by atoms with Crippen LogP contribution in [0, 0.1) is 0 Å². The second-order valence-corrected chi connectivity index (χ2v) is 8.17. The lowest BCUT2D eigenvalue weighted by Gasteiger charge is -2.36. The number of carbonyl (C=O) groups is 3. The highest BCUT2D eigenvalue weighted by molar-refractivity contribution is 5.78. The lowest BCUT2D eigenvalue weighted by Crippen LogP contribution is -2.50. The average Bonchev–Trinajstić information content (AvgIpc) is 3.10. The fraction of sp³-hybridized carbons (Fsp3) is 0.850. The number of carbonyl (C=O) groups excluding carboxylic acids is 2. The van der Waals surface area contributed by atoms with Gasteiger partial charge in [-0.2, -0.15) is 0 Å². The first-order valence-electron chi connectivity index (χ1n) is 10.8. The molecule has 1 unspecified atom stereocenters. The monoisotopic (exact) mass is 422 g/mol. The molecule has 2 saturated heterocycles. The molecule has 9 nitrogen and oxygen atoms in total. The van der Waals surface area contributed by atoms with Crippen molar-refractivity contribution in [2.24, 2.45) is 0 Å². The van der Waals surface area contributed by atoms with E-state index in [1.807, 2.05) is 0 Å². The van der Waals surface area contributed by atoms with E-state index >= 15 is 0 Å². The number of carboxylic acids is 1. The molecule has 2 amide bonds. The van der Waals surface area contributed by atoms with Gasteiger partial charge in [-0.3, -0.25) is 24.2 Å². The van der Waals surface area contributed by atoms with Crippen LogP contribution in [0.5, 0.6) is 0 Å². The van der Waals surface area contributed by atoms with Crippen molar-refractivity contribution in [1.82, 2.24) is 25.3 Å². The second kappa shape index (κ2) is 12.8. The summed E-state index contributed by atoms with van der Waals surface area (Å²) in [7, 11) is 2.16. The highest BCUT2D eigenvalue weighted by Gasteiger charge is 2.28. The lowest BCUT2D eigenvalue weighted by atomic mass is 10.3. The Balaban J connectivity index is 1.55. The fourth-order valence-corrected chi connectivity index (χ4v) is 3.91. The number of amides is 2. The molecule has 0 radical (unpaired) electrons. The van der Waals surface area contributed by atoms with Gasteiger partial charge in [0.1, 0.15) is 0 Å². The Hall–Kier alpha value is -1.71. The zero-order chi connectivity index (χ0) is 21.1. The molecule has 2 aliphatic heterocycles. The summed E-state index contributed by atoms with van der Waals surface area (Å²) in [5.74, 6) is -0.931. The molecule has 0 aromatic carbocycles. The van der Waals surface area contributed by atoms with Crippen molar-refractivity contribution in [1.29, 1.82) is 0 Å². The van der Waals surface area contributed by atoms with Crippen LogP contribution in [0.25, 0.3) is 0 Å². The molecule has 0 bridgehead atoms. The lowest BCUT2D eigenvalue weighted by molar-refractivity contribution is -0.137. The number of likely N-dealkylation sites (tertiary alicyclic amines) is 1. The predicted octanol–water partition coefficient (Wildman–Crippen LogP) is -0.424. The molecule has 2 heterocycles. The Morgan fingerprint density at radius 1 is 0.931 bits per heavy atom. The van der Waals surface area contributed by atoms with Gasteiger partial charge in [0.15, 0.2) is 0 Å². The number of piperazine rings is 1. The van der Waals surface area contributed by atoms with E-state index in [-0.39, 0.29) is 18.2 Å². The summed E-state index contributed by atoms with van der Waals surface area (Å²) < 4.78 is 0. The number of carboxylic acid groups (broad SMARTS) is 1. The summed E-state index contributed by atoms with van der Waals surface area (Å²) >= 11 is 0. The van der Waals surface area contributed by atoms with Gasteiger partial charge >= 0.3 is 5.97 Å². The molecule has 0 spiro atoms. The highest BCUT2D eigenvalue weighted by atomic mass is 16.5. The van der Waals surface area contributed by atoms with Crippen LogP contribution in [0.4, 0.5) is 0 Å². The van der Waals surface area contributed by atoms with Crippen molar-refractivity contribution in [2.75, 3.05) is 66.0 Å². The maximum absolute atomic E-state index is 12.3. The van der Waals surface area contributed by atoms with Crippen molar-refractivity contribution in [3.05, 3.63) is 0 Å². The molecule has 3 N–H and O–H groups in total. The van der Waals surface area contributed by atoms with E-state index < -0.39 is 5.97 Å². The van der Waals surface area contributed by atoms with E-state index in [0.717, 1.165) is 52.1 Å². The first-order chi connectivity index (χ1) is 13.9. The molecular weight excluding hydrogens is 385 g/mol. The van der Waals surface area contributed by atoms with E-state index in [1.165, 1.54) is 0 Å². The molecule has 2 aliphatic rings. The third kappa shape index (κ3) is 9.56. The van der Waals surface area contributed by atoms with Gasteiger partial charge in [0.25, 0.3) is 0 Å². The van der Waals surface area contributed by atoms with Crippen LogP contribution in [0.1, 0.15) is 38.5 Å². The van der Waals surface area contributed by atoms with Gasteiger partial charge in [0, 0.05) is 64.7 Å². The second-order valence-electron chi connectivity index (χ2n) is 8.17. The summed E-state index contributed by atoms with van der Waals surface area (Å²) in [4.78, 5) is 41.5. The third-order valence-electron chi connectivity index (χ3n) is 5.70. The summed E-state index contributed by atoms with van der Waals surface area (Å²) in [6.45, 7) is 7.74. The van der Waals surface area contributed by atoms with Gasteiger partial charge in [-0.05, 0) is 39.3 Å². The van der Waals surface area contributed by atoms with Crippen LogP contribution in [0.15, 0.2) is 0 Å². The van der Waals surface area contributed by atoms with E-state index in [9.17, 15) is 14.4 Å². The van der Waals surface area contributed by atoms with E-state index in [1.54, 1.807) is 0 Å². The minimum absolute atomic E-state index is 0.0251. The molecular formula is C20H37N5O4. The standard InChI is InChI=1S/C20H37N5O4/c1-23-11-13-24(14-12-23)15-17-5-4-10-25(17)16-19(27)22-8-2-6-18(26)21-9-3-7-20(28)29/h17H,2-16H2,1H3,(H,21,26)(H,22,27)(H,28,29)/i2+1,3+1,6+1,7+1,8+1,9+1,15+1,18+1,20+1,21+1,25+1. The maximum atomic E-state index is 12.3. The summed E-state index contributed by atoms with van der Waals surface area (Å²) in [6, 6.07) is 0.459. The van der Waals surface area contributed by atoms with Gasteiger partial charge in [0.2, 0.25) is 11.8 Å². The topological polar surface area (TPSA) is 105 Å². The first-order valence-corrected chi connectivity index (χ1v) is 10.8. The highest BCUT2D eigenvalue weighted by Crippen LogP contribution is 2.18. The Morgan fingerprint density at radius 3 is 2.28 bits per heavy atom. The number of aliphatic carboxylic acids is 1. The quantitative estimate of drug-likeness (QED) is 0.223. The molecule has 1 atom stereocenters. The van der Waals surface area contributed by atoms with Gasteiger partial charge in [-0.15, -0.1) is 0 Å². The van der Waals surface area contributed by atoms with Crippen LogP contribution in [-0.2, 0) is 14.4 Å². The molecule has 9 heteroatoms. The van der Waals surface area contributed by atoms with Gasteiger partial charge in [-0.1, -0.05) is 0 Å². The summed E-state index contributed by atoms with van der Waals surface area (Å²) in [6.07, 6.45) is 3.71. The number of hydrogen-bond acceptors (Lipinski definition) is 6. The Kier molecular flexibility index (Phi) is 10.4. The molecule has 166 valence electrons. The Labute approximate surface area is 173 Å². The van der Waals surface area contributed by atoms with E-state index in [2.05, 4.69) is 32.4 Å². The van der Waals surface area contributed by atoms with Gasteiger partial charge in [0.05, 0.1) is 6.54 Å². The Morgan fingerprint density at radius 2 is 1.59 bits per heavy atom. The molecule has 0 aromatic rings. The SMILES string of the molecule is CN1CCN([13CH2]C2CCC[15N]2CC(=O)N[13CH2][13CH2][13CH2][13C](=O)[15NH][13CH2][13CH2][13CH2][13C](=O)O)CC1. The minimum atomic E-state index is -0.856. The smallest absolute Gasteiger partial charge is 0.303 e. The third-order valence-corrected chi connectivity index (χ3v) is 5.70. The van der Waals surface area contributed by atoms with Crippen LogP contribution < -0.4 is 10.6 Å². The van der Waals surface area contributed by atoms with Crippen LogP contribution in [0.2, 0.25) is 0 Å². The number of rotatable bonds is 12. The molecule has 0 saturated carbocycles. The summed E-state index contributed by atoms with van der Waals surface area (Å²) in [5.41, 5.74) is 0. The van der Waals surface area contributed by atoms with E-state index in [4.69, 9.17) is 5.11 Å². The van der Waals surface area contributed by atoms with Gasteiger partial charge in [-0.25, -0.2) is 0 Å². The molecule has 2 fully saturated rings. The van der Waals surface area contributed by atoms with Crippen molar-refractivity contribution in [3.8, 4) is 0 Å². The normalized spacial score (nSPS) is 21.2. The summed E-state index contributed by atoms with van der Waals surface area (Å²) in [5, 5.41) is 14.2. The van der Waals surface area contributed by atoms with Crippen LogP contribution >= 0.6 is 0 Å². The van der Waals surface area contributed by atoms with Crippen LogP contribution in [-0.4, -0.2) is 110 Å². The largest absolute Gasteiger partial charge is 0.481 e. The first kappa shape index (κ1) is 23.6. The van der Waals surface area contributed by atoms with E-state index in [0.29, 0.717) is 44.9 Å². The number of hydrogen-bond donors (Lipinski definition) is 3. The number of likely N-dealkylation sites (N-methyl/N-ethyl adjacent to an activating group) is 1. The zero-order valence-corrected chi connectivity index (χ0v) is 17.7. The fourth-order valence-electron chi connectivity index (χ4n) is 3.91. The molecule has 2 rings (SSSR count). The number of nitrogens with zero attached hydrogens (tertiary/aromatic N) is 3. The average molecular weight is 422 g/mol. The predicted molar refractivity (Wildman–Crippen MR) is 111 cm³/mol. The molecule has 0 aromatic heterocycles. The number of nitrogens with one attached hydrogen (secondary N) is 2. The Bertz CT molecular complexity index is 537. The zero-order valence-electron chi connectivity index (χ0n) is 17.7. The van der Waals surface area contributed by atoms with Crippen molar-refractivity contribution >= 4 is 17.8 Å². The molecule has 29 heavy (non-hydrogen) atoms. The van der Waals surface area contributed by atoms with Crippen molar-refractivity contribution in [3.63, 3.8) is 0 Å². The van der Waals surface area contributed by atoms with Crippen LogP contribution in [0.3, 0.4) is 0 Å². The van der Waals surface area contributed by atoms with Crippen molar-refractivity contribution < 1.29 is 19.5 Å².